The van der Waals surface area contributed by atoms with Gasteiger partial charge in [0.15, 0.2) is 11.5 Å². The number of urea groups is 1. The molecule has 0 saturated carbocycles. The smallest absolute Gasteiger partial charge is 0.321 e. The highest BCUT2D eigenvalue weighted by Gasteiger charge is 2.25. The lowest BCUT2D eigenvalue weighted by Gasteiger charge is -2.33. The number of benzene rings is 2. The number of aryl methyl sites for hydroxylation is 1. The van der Waals surface area contributed by atoms with Crippen LogP contribution in [0.3, 0.4) is 0 Å². The number of hydrogen-bond donors (Lipinski definition) is 1. The van der Waals surface area contributed by atoms with Crippen molar-refractivity contribution in [2.24, 2.45) is 0 Å². The normalized spacial score (nSPS) is 17.8. The zero-order chi connectivity index (χ0) is 23.5. The fraction of sp³-hybridized carbons (Fsp3) is 0.480. The van der Waals surface area contributed by atoms with Gasteiger partial charge in [-0.1, -0.05) is 23.2 Å². The lowest BCUT2D eigenvalue weighted by molar-refractivity contribution is 0.193. The van der Waals surface area contributed by atoms with Crippen LogP contribution < -0.4 is 14.8 Å². The predicted octanol–water partition coefficient (Wildman–Crippen LogP) is 5.28. The molecule has 0 aromatic heterocycles. The number of carbonyl (C=O) groups is 1. The summed E-state index contributed by atoms with van der Waals surface area (Å²) in [5.74, 6) is 1.58. The SMILES string of the molecule is COc1cc2c(cc1OC)CC(N(C)CCCN1CCc3cc(Cl)c(Cl)cc3NC1=O)CC2. The van der Waals surface area contributed by atoms with Crippen LogP contribution in [0.5, 0.6) is 11.5 Å². The molecule has 178 valence electrons. The van der Waals surface area contributed by atoms with Crippen molar-refractivity contribution >= 4 is 34.9 Å². The molecule has 4 rings (SSSR count). The van der Waals surface area contributed by atoms with Gasteiger partial charge in [-0.15, -0.1) is 0 Å². The molecule has 2 aliphatic rings. The first kappa shape index (κ1) is 24.0. The molecule has 6 nitrogen and oxygen atoms in total. The topological polar surface area (TPSA) is 54.0 Å². The molecule has 1 aliphatic carbocycles. The first-order chi connectivity index (χ1) is 15.9. The summed E-state index contributed by atoms with van der Waals surface area (Å²) >= 11 is 12.3. The molecule has 2 aromatic carbocycles. The van der Waals surface area contributed by atoms with Crippen LogP contribution in [-0.4, -0.2) is 62.8 Å². The molecule has 1 atom stereocenters. The van der Waals surface area contributed by atoms with Crippen molar-refractivity contribution < 1.29 is 14.3 Å². The molecule has 33 heavy (non-hydrogen) atoms. The number of methoxy groups -OCH3 is 2. The summed E-state index contributed by atoms with van der Waals surface area (Å²) in [5.41, 5.74) is 4.45. The largest absolute Gasteiger partial charge is 0.493 e. The summed E-state index contributed by atoms with van der Waals surface area (Å²) in [6, 6.07) is 8.21. The second-order valence-corrected chi connectivity index (χ2v) is 9.61. The third-order valence-corrected chi connectivity index (χ3v) is 7.52. The number of amides is 2. The van der Waals surface area contributed by atoms with E-state index in [1.807, 2.05) is 11.0 Å². The minimum absolute atomic E-state index is 0.0811. The summed E-state index contributed by atoms with van der Waals surface area (Å²) in [5, 5.41) is 3.95. The zero-order valence-corrected chi connectivity index (χ0v) is 20.9. The molecule has 1 N–H and O–H groups in total. The Balaban J connectivity index is 1.31. The maximum Gasteiger partial charge on any atom is 0.321 e. The number of likely N-dealkylation sites (N-methyl/N-ethyl adjacent to an activating group) is 1. The Bertz CT molecular complexity index is 1030. The second-order valence-electron chi connectivity index (χ2n) is 8.80. The number of anilines is 1. The Morgan fingerprint density at radius 1 is 1.03 bits per heavy atom. The van der Waals surface area contributed by atoms with Crippen LogP contribution in [-0.2, 0) is 19.3 Å². The molecule has 0 saturated heterocycles. The van der Waals surface area contributed by atoms with E-state index in [4.69, 9.17) is 32.7 Å². The quantitative estimate of drug-likeness (QED) is 0.572. The highest BCUT2D eigenvalue weighted by atomic mass is 35.5. The molecule has 0 fully saturated rings. The Morgan fingerprint density at radius 2 is 1.73 bits per heavy atom. The van der Waals surface area contributed by atoms with Crippen molar-refractivity contribution in [2.75, 3.05) is 46.2 Å². The van der Waals surface area contributed by atoms with Gasteiger partial charge in [-0.3, -0.25) is 0 Å². The fourth-order valence-electron chi connectivity index (χ4n) is 4.81. The van der Waals surface area contributed by atoms with E-state index in [1.54, 1.807) is 20.3 Å². The van der Waals surface area contributed by atoms with Crippen molar-refractivity contribution in [1.29, 1.82) is 0 Å². The van der Waals surface area contributed by atoms with Crippen LogP contribution in [0.25, 0.3) is 0 Å². The molecule has 1 aliphatic heterocycles. The van der Waals surface area contributed by atoms with E-state index in [0.717, 1.165) is 61.4 Å². The zero-order valence-electron chi connectivity index (χ0n) is 19.4. The molecule has 2 amide bonds. The van der Waals surface area contributed by atoms with E-state index in [0.29, 0.717) is 29.2 Å². The standard InChI is InChI=1S/C25H31Cl2N3O3/c1-29(19-6-5-16-13-23(32-2)24(33-3)14-18(16)11-19)8-4-9-30-10-7-17-12-20(26)21(27)15-22(17)28-25(30)31/h12-15,19H,4-11H2,1-3H3,(H,28,31). The van der Waals surface area contributed by atoms with Gasteiger partial charge in [-0.2, -0.15) is 0 Å². The number of nitrogens with zero attached hydrogens (tertiary/aromatic N) is 2. The molecule has 1 heterocycles. The van der Waals surface area contributed by atoms with Gasteiger partial charge >= 0.3 is 6.03 Å². The fourth-order valence-corrected chi connectivity index (χ4v) is 5.16. The van der Waals surface area contributed by atoms with E-state index < -0.39 is 0 Å². The molecule has 2 aromatic rings. The van der Waals surface area contributed by atoms with E-state index in [-0.39, 0.29) is 6.03 Å². The van der Waals surface area contributed by atoms with Crippen molar-refractivity contribution in [3.8, 4) is 11.5 Å². The van der Waals surface area contributed by atoms with Crippen molar-refractivity contribution in [3.05, 3.63) is 51.0 Å². The molecule has 0 bridgehead atoms. The molecule has 8 heteroatoms. The third-order valence-electron chi connectivity index (χ3n) is 6.80. The number of carbonyl (C=O) groups excluding carboxylic acids is 1. The maximum absolute atomic E-state index is 12.7. The molecular weight excluding hydrogens is 461 g/mol. The Hall–Kier alpha value is -2.15. The Kier molecular flexibility index (Phi) is 7.57. The first-order valence-electron chi connectivity index (χ1n) is 11.4. The van der Waals surface area contributed by atoms with Gasteiger partial charge < -0.3 is 24.6 Å². The molecule has 0 radical (unpaired) electrons. The lowest BCUT2D eigenvalue weighted by Crippen LogP contribution is -2.40. The molecule has 0 spiro atoms. The third kappa shape index (κ3) is 5.34. The van der Waals surface area contributed by atoms with Crippen LogP contribution in [0.2, 0.25) is 10.0 Å². The number of hydrogen-bond acceptors (Lipinski definition) is 4. The van der Waals surface area contributed by atoms with Crippen LogP contribution in [0.1, 0.15) is 29.5 Å². The Labute approximate surface area is 205 Å². The number of rotatable bonds is 7. The highest BCUT2D eigenvalue weighted by Crippen LogP contribution is 2.35. The average Bonchev–Trinajstić information content (AvgIpc) is 2.96. The first-order valence-corrected chi connectivity index (χ1v) is 12.1. The van der Waals surface area contributed by atoms with Crippen LogP contribution in [0, 0.1) is 0 Å². The average molecular weight is 492 g/mol. The highest BCUT2D eigenvalue weighted by molar-refractivity contribution is 6.42. The monoisotopic (exact) mass is 491 g/mol. The Morgan fingerprint density at radius 3 is 2.45 bits per heavy atom. The maximum atomic E-state index is 12.7. The van der Waals surface area contributed by atoms with Gasteiger partial charge in [0.05, 0.1) is 24.3 Å². The summed E-state index contributed by atoms with van der Waals surface area (Å²) in [4.78, 5) is 17.0. The number of ether oxygens (including phenoxy) is 2. The summed E-state index contributed by atoms with van der Waals surface area (Å²) in [6.45, 7) is 2.31. The van der Waals surface area contributed by atoms with E-state index in [2.05, 4.69) is 29.4 Å². The van der Waals surface area contributed by atoms with Crippen molar-refractivity contribution in [2.45, 2.75) is 38.1 Å². The number of halogens is 2. The van der Waals surface area contributed by atoms with Crippen LogP contribution in [0.4, 0.5) is 10.5 Å². The minimum Gasteiger partial charge on any atom is -0.493 e. The van der Waals surface area contributed by atoms with Gasteiger partial charge in [0.1, 0.15) is 0 Å². The lowest BCUT2D eigenvalue weighted by atomic mass is 9.87. The van der Waals surface area contributed by atoms with Gasteiger partial charge in [0.2, 0.25) is 0 Å². The number of fused-ring (bicyclic) bond motifs is 2. The van der Waals surface area contributed by atoms with Gasteiger partial charge in [0, 0.05) is 24.8 Å². The van der Waals surface area contributed by atoms with Gasteiger partial charge in [-0.25, -0.2) is 4.79 Å². The predicted molar refractivity (Wildman–Crippen MR) is 133 cm³/mol. The van der Waals surface area contributed by atoms with Crippen LogP contribution >= 0.6 is 23.2 Å². The van der Waals surface area contributed by atoms with Crippen LogP contribution in [0.15, 0.2) is 24.3 Å². The summed E-state index contributed by atoms with van der Waals surface area (Å²) < 4.78 is 10.9. The summed E-state index contributed by atoms with van der Waals surface area (Å²) in [7, 11) is 5.54. The minimum atomic E-state index is -0.0811. The van der Waals surface area contributed by atoms with Crippen molar-refractivity contribution in [1.82, 2.24) is 9.80 Å². The summed E-state index contributed by atoms with van der Waals surface area (Å²) in [6.07, 6.45) is 4.80. The second kappa shape index (κ2) is 10.4. The van der Waals surface area contributed by atoms with E-state index >= 15 is 0 Å². The van der Waals surface area contributed by atoms with E-state index in [9.17, 15) is 4.79 Å². The molecular formula is C25H31Cl2N3O3. The van der Waals surface area contributed by atoms with Crippen molar-refractivity contribution in [3.63, 3.8) is 0 Å². The molecule has 1 unspecified atom stereocenters. The van der Waals surface area contributed by atoms with Gasteiger partial charge in [0.25, 0.3) is 0 Å². The number of nitrogens with one attached hydrogen (secondary N) is 1. The van der Waals surface area contributed by atoms with Gasteiger partial charge in [-0.05, 0) is 86.7 Å². The van der Waals surface area contributed by atoms with E-state index in [1.165, 1.54) is 11.1 Å².